The first-order chi connectivity index (χ1) is 17.9. The summed E-state index contributed by atoms with van der Waals surface area (Å²) < 4.78 is 11.9. The molecule has 8 nitrogen and oxygen atoms in total. The average Bonchev–Trinajstić information content (AvgIpc) is 3.62. The molecule has 1 aromatic carbocycles. The fourth-order valence-electron chi connectivity index (χ4n) is 7.41. The number of allylic oxidation sites excluding steroid dienone is 1. The molecule has 1 amide bonds. The molecule has 38 heavy (non-hydrogen) atoms. The summed E-state index contributed by atoms with van der Waals surface area (Å²) in [4.78, 5) is 40.0. The highest BCUT2D eigenvalue weighted by Crippen LogP contribution is 2.61. The second-order valence-electron chi connectivity index (χ2n) is 11.7. The van der Waals surface area contributed by atoms with E-state index in [2.05, 4.69) is 11.9 Å². The van der Waals surface area contributed by atoms with Crippen LogP contribution in [0.2, 0.25) is 0 Å². The number of esters is 1. The zero-order valence-corrected chi connectivity index (χ0v) is 22.3. The van der Waals surface area contributed by atoms with Crippen molar-refractivity contribution in [3.05, 3.63) is 60.2 Å². The molecule has 2 saturated heterocycles. The highest BCUT2D eigenvalue weighted by atomic mass is 16.6. The van der Waals surface area contributed by atoms with Gasteiger partial charge in [0.1, 0.15) is 29.3 Å². The zero-order chi connectivity index (χ0) is 27.6. The largest absolute Gasteiger partial charge is 0.458 e. The summed E-state index contributed by atoms with van der Waals surface area (Å²) in [6.45, 7) is 10.6. The summed E-state index contributed by atoms with van der Waals surface area (Å²) in [5.41, 5.74) is -1.60. The van der Waals surface area contributed by atoms with E-state index in [4.69, 9.17) is 9.47 Å². The molecule has 3 N–H and O–H groups in total. The Morgan fingerprint density at radius 1 is 1.24 bits per heavy atom. The van der Waals surface area contributed by atoms with Gasteiger partial charge in [-0.1, -0.05) is 62.9 Å². The maximum atomic E-state index is 14.3. The number of Topliss-reactive ketones (excluding diaryl/α,β-unsaturated/α-hetero) is 1. The number of ether oxygens (including phenoxy) is 2. The highest BCUT2D eigenvalue weighted by Gasteiger charge is 2.74. The van der Waals surface area contributed by atoms with E-state index in [1.165, 1.54) is 13.8 Å². The van der Waals surface area contributed by atoms with Gasteiger partial charge in [0.25, 0.3) is 0 Å². The Labute approximate surface area is 223 Å². The van der Waals surface area contributed by atoms with Gasteiger partial charge in [0.15, 0.2) is 5.78 Å². The Morgan fingerprint density at radius 2 is 1.92 bits per heavy atom. The smallest absolute Gasteiger partial charge is 0.303 e. The third-order valence-electron chi connectivity index (χ3n) is 9.31. The van der Waals surface area contributed by atoms with Crippen molar-refractivity contribution in [2.75, 3.05) is 0 Å². The van der Waals surface area contributed by atoms with Gasteiger partial charge in [-0.2, -0.15) is 0 Å². The van der Waals surface area contributed by atoms with E-state index >= 15 is 0 Å². The summed E-state index contributed by atoms with van der Waals surface area (Å²) in [5, 5.41) is 26.0. The van der Waals surface area contributed by atoms with Crippen LogP contribution in [0.15, 0.2) is 54.6 Å². The van der Waals surface area contributed by atoms with Gasteiger partial charge >= 0.3 is 5.97 Å². The minimum absolute atomic E-state index is 0.302. The fraction of sp³-hybridized carbons (Fsp3) is 0.567. The molecule has 2 heterocycles. The molecule has 2 aliphatic heterocycles. The van der Waals surface area contributed by atoms with Crippen molar-refractivity contribution in [2.24, 2.45) is 29.1 Å². The Balaban J connectivity index is 1.70. The van der Waals surface area contributed by atoms with E-state index in [1.807, 2.05) is 37.3 Å². The monoisotopic (exact) mass is 523 g/mol. The minimum atomic E-state index is -1.83. The molecule has 1 spiro atoms. The number of carbonyl (C=O) groups is 3. The Hall–Kier alpha value is -2.81. The maximum Gasteiger partial charge on any atom is 0.303 e. The first kappa shape index (κ1) is 26.8. The number of aliphatic hydroxyl groups excluding tert-OH is 1. The molecule has 1 aromatic rings. The number of fused-ring (bicyclic) bond motifs is 1. The summed E-state index contributed by atoms with van der Waals surface area (Å²) in [6.07, 6.45) is 0.350. The molecule has 0 radical (unpaired) electrons. The van der Waals surface area contributed by atoms with Crippen molar-refractivity contribution in [3.8, 4) is 0 Å². The van der Waals surface area contributed by atoms with Crippen LogP contribution in [0, 0.1) is 29.1 Å². The van der Waals surface area contributed by atoms with Crippen molar-refractivity contribution in [1.29, 1.82) is 0 Å². The summed E-state index contributed by atoms with van der Waals surface area (Å²) in [7, 11) is 0. The number of nitrogens with one attached hydrogen (secondary N) is 1. The number of hydrogen-bond donors (Lipinski definition) is 3. The lowest BCUT2D eigenvalue weighted by atomic mass is 9.51. The van der Waals surface area contributed by atoms with Gasteiger partial charge < -0.3 is 25.0 Å². The van der Waals surface area contributed by atoms with Crippen LogP contribution in [0.5, 0.6) is 0 Å². The molecule has 204 valence electrons. The van der Waals surface area contributed by atoms with Gasteiger partial charge in [-0.15, -0.1) is 0 Å². The highest BCUT2D eigenvalue weighted by molar-refractivity contribution is 5.91. The third kappa shape index (κ3) is 3.96. The lowest BCUT2D eigenvalue weighted by Crippen LogP contribution is -2.62. The number of carbonyl (C=O) groups excluding carboxylic acids is 3. The van der Waals surface area contributed by atoms with Crippen LogP contribution in [0.3, 0.4) is 0 Å². The zero-order valence-electron chi connectivity index (χ0n) is 22.3. The molecule has 3 fully saturated rings. The summed E-state index contributed by atoms with van der Waals surface area (Å²) >= 11 is 0. The lowest BCUT2D eigenvalue weighted by Gasteiger charge is -2.52. The van der Waals surface area contributed by atoms with E-state index in [0.29, 0.717) is 18.4 Å². The number of rotatable bonds is 3. The Bertz CT molecular complexity index is 1180. The molecule has 5 rings (SSSR count). The molecular weight excluding hydrogens is 486 g/mol. The Morgan fingerprint density at radius 3 is 2.58 bits per heavy atom. The third-order valence-corrected chi connectivity index (χ3v) is 9.31. The topological polar surface area (TPSA) is 125 Å². The standard InChI is InChI=1S/C30H37NO7/c1-15-10-9-13-20-23(33)17(3)16(2)22-21(14-19-11-7-6-8-12-19)31-28(35)30(20,22)27(37-18(4)32)24-26(38-24)29(5,36)25(15)34/h6-9,11-13,15-16,20-24,26-27,33,36H,3,10,14H2,1-2,4-5H3,(H,31,35)/b13-9+/t15-,16+,20+,21-,22+,23+,24+,26+,27+,29-,30+/m0/s1. The van der Waals surface area contributed by atoms with Crippen LogP contribution in [0.4, 0.5) is 0 Å². The second kappa shape index (κ2) is 9.43. The van der Waals surface area contributed by atoms with Crippen LogP contribution >= 0.6 is 0 Å². The summed E-state index contributed by atoms with van der Waals surface area (Å²) in [5.74, 6) is -3.34. The van der Waals surface area contributed by atoms with E-state index < -0.39 is 59.2 Å². The van der Waals surface area contributed by atoms with Gasteiger partial charge in [-0.05, 0) is 36.8 Å². The van der Waals surface area contributed by atoms with Crippen LogP contribution in [-0.2, 0) is 30.3 Å². The van der Waals surface area contributed by atoms with Crippen molar-refractivity contribution in [1.82, 2.24) is 5.32 Å². The van der Waals surface area contributed by atoms with Crippen molar-refractivity contribution < 1.29 is 34.1 Å². The molecule has 4 aliphatic rings. The first-order valence-electron chi connectivity index (χ1n) is 13.4. The van der Waals surface area contributed by atoms with Gasteiger partial charge in [0.2, 0.25) is 5.91 Å². The SMILES string of the molecule is C=C1[C@@H](C)[C@@H]2[C@H](Cc3ccccc3)NC(=O)[C@]23[C@H](/C=C/C[C@H](C)C(=O)[C@](C)(O)[C@@H]2O[C@H]2[C@H]3OC(C)=O)[C@@H]1O. The maximum absolute atomic E-state index is 14.3. The second-order valence-corrected chi connectivity index (χ2v) is 11.7. The molecular formula is C30H37NO7. The molecule has 1 saturated carbocycles. The normalized spacial score (nSPS) is 45.1. The number of epoxide rings is 1. The molecule has 11 atom stereocenters. The van der Waals surface area contributed by atoms with Crippen molar-refractivity contribution >= 4 is 17.7 Å². The minimum Gasteiger partial charge on any atom is -0.458 e. The fourth-order valence-corrected chi connectivity index (χ4v) is 7.41. The first-order valence-corrected chi connectivity index (χ1v) is 13.4. The van der Waals surface area contributed by atoms with E-state index in [9.17, 15) is 24.6 Å². The van der Waals surface area contributed by atoms with E-state index in [1.54, 1.807) is 19.1 Å². The van der Waals surface area contributed by atoms with E-state index in [0.717, 1.165) is 5.56 Å². The van der Waals surface area contributed by atoms with Gasteiger partial charge in [0, 0.05) is 30.7 Å². The van der Waals surface area contributed by atoms with Crippen LogP contribution in [0.25, 0.3) is 0 Å². The molecule has 0 unspecified atom stereocenters. The number of benzene rings is 1. The predicted octanol–water partition coefficient (Wildman–Crippen LogP) is 2.13. The lowest BCUT2D eigenvalue weighted by molar-refractivity contribution is -0.175. The van der Waals surface area contributed by atoms with Crippen molar-refractivity contribution in [2.45, 2.75) is 76.6 Å². The number of ketones is 1. The molecule has 8 heteroatoms. The van der Waals surface area contributed by atoms with E-state index in [-0.39, 0.29) is 23.7 Å². The molecule has 2 aliphatic carbocycles. The predicted molar refractivity (Wildman–Crippen MR) is 139 cm³/mol. The number of aliphatic hydroxyl groups is 2. The number of hydrogen-bond acceptors (Lipinski definition) is 7. The molecule has 0 bridgehead atoms. The van der Waals surface area contributed by atoms with Crippen LogP contribution in [0.1, 0.15) is 39.7 Å². The quantitative estimate of drug-likeness (QED) is 0.315. The average molecular weight is 524 g/mol. The number of amides is 1. The van der Waals surface area contributed by atoms with Crippen LogP contribution in [-0.4, -0.2) is 63.9 Å². The van der Waals surface area contributed by atoms with Crippen LogP contribution < -0.4 is 5.32 Å². The van der Waals surface area contributed by atoms with Gasteiger partial charge in [-0.3, -0.25) is 14.4 Å². The van der Waals surface area contributed by atoms with Crippen molar-refractivity contribution in [3.63, 3.8) is 0 Å². The Kier molecular flexibility index (Phi) is 6.65. The summed E-state index contributed by atoms with van der Waals surface area (Å²) in [6, 6.07) is 9.48. The molecule has 0 aromatic heterocycles. The van der Waals surface area contributed by atoms with Gasteiger partial charge in [0.05, 0.1) is 6.10 Å². The van der Waals surface area contributed by atoms with Gasteiger partial charge in [-0.25, -0.2) is 0 Å².